The molecule has 0 unspecified atom stereocenters. The predicted octanol–water partition coefficient (Wildman–Crippen LogP) is 7.26. The van der Waals surface area contributed by atoms with E-state index in [4.69, 9.17) is 9.47 Å². The van der Waals surface area contributed by atoms with E-state index in [1.807, 2.05) is 65.8 Å². The quantitative estimate of drug-likeness (QED) is 0.300. The molecule has 2 aliphatic heterocycles. The molecule has 10 nitrogen and oxygen atoms in total. The first-order valence-corrected chi connectivity index (χ1v) is 16.3. The Kier molecular flexibility index (Phi) is 14.1. The Balaban J connectivity index is 0.000000251. The first-order chi connectivity index (χ1) is 19.9. The Labute approximate surface area is 279 Å². The topological polar surface area (TPSA) is 122 Å². The largest absolute Gasteiger partial charge is 0.444 e. The van der Waals surface area contributed by atoms with Crippen molar-refractivity contribution in [1.29, 1.82) is 0 Å². The molecule has 43 heavy (non-hydrogen) atoms. The van der Waals surface area contributed by atoms with E-state index < -0.39 is 16.8 Å². The SMILES string of the molecule is Brc1ccc(Br)nc1.CC(C)(C)OC(=O)N1CCC(=O)CC1.CC(C)(C)OC(=O)N1CCC(O)(c2ccc(Br)nc2)CC1. The van der Waals surface area contributed by atoms with E-state index in [1.165, 1.54) is 0 Å². The Hall–Kier alpha value is -2.09. The molecule has 1 N–H and O–H groups in total. The van der Waals surface area contributed by atoms with Crippen LogP contribution in [0.5, 0.6) is 0 Å². The lowest BCUT2D eigenvalue weighted by molar-refractivity contribution is -0.121. The highest BCUT2D eigenvalue weighted by molar-refractivity contribution is 9.11. The van der Waals surface area contributed by atoms with Crippen molar-refractivity contribution < 1.29 is 29.0 Å². The highest BCUT2D eigenvalue weighted by Gasteiger charge is 2.37. The third-order valence-corrected chi connectivity index (χ3v) is 7.58. The van der Waals surface area contributed by atoms with Crippen LogP contribution in [0.3, 0.4) is 0 Å². The van der Waals surface area contributed by atoms with Crippen molar-refractivity contribution in [2.75, 3.05) is 26.2 Å². The molecule has 13 heteroatoms. The van der Waals surface area contributed by atoms with Crippen LogP contribution in [0.1, 0.15) is 72.8 Å². The van der Waals surface area contributed by atoms with Crippen LogP contribution in [0.4, 0.5) is 9.59 Å². The van der Waals surface area contributed by atoms with Gasteiger partial charge in [-0.1, -0.05) is 6.07 Å². The third-order valence-electron chi connectivity index (χ3n) is 6.17. The fraction of sp³-hybridized carbons (Fsp3) is 0.567. The standard InChI is InChI=1S/C15H21BrN2O3.C10H17NO3.C5H3Br2N/c1-14(2,3)21-13(19)18-8-6-15(20,7-9-18)11-4-5-12(16)17-10-11;1-10(2,3)14-9(13)11-6-4-8(12)5-7-11;6-4-1-2-5(7)8-3-4/h4-5,10,20H,6-9H2,1-3H3;4-7H2,1-3H3;1-3H. The van der Waals surface area contributed by atoms with Gasteiger partial charge in [0.25, 0.3) is 0 Å². The summed E-state index contributed by atoms with van der Waals surface area (Å²) in [5.74, 6) is 0.227. The average Bonchev–Trinajstić information content (AvgIpc) is 2.90. The van der Waals surface area contributed by atoms with Gasteiger partial charge >= 0.3 is 12.2 Å². The minimum atomic E-state index is -0.924. The molecular weight excluding hydrogens is 752 g/mol. The number of likely N-dealkylation sites (tertiary alicyclic amines) is 2. The minimum absolute atomic E-state index is 0.227. The lowest BCUT2D eigenvalue weighted by atomic mass is 9.85. The number of pyridine rings is 2. The van der Waals surface area contributed by atoms with Gasteiger partial charge in [-0.25, -0.2) is 19.6 Å². The number of hydrogen-bond donors (Lipinski definition) is 1. The van der Waals surface area contributed by atoms with E-state index in [0.717, 1.165) is 19.2 Å². The van der Waals surface area contributed by atoms with Crippen LogP contribution in [0, 0.1) is 0 Å². The van der Waals surface area contributed by atoms with Crippen molar-refractivity contribution in [3.8, 4) is 0 Å². The van der Waals surface area contributed by atoms with Crippen molar-refractivity contribution in [1.82, 2.24) is 19.8 Å². The number of ketones is 1. The molecule has 4 heterocycles. The highest BCUT2D eigenvalue weighted by Crippen LogP contribution is 2.33. The number of carbonyl (C=O) groups is 3. The van der Waals surface area contributed by atoms with E-state index in [0.29, 0.717) is 51.9 Å². The summed E-state index contributed by atoms with van der Waals surface area (Å²) in [6, 6.07) is 7.48. The van der Waals surface area contributed by atoms with Gasteiger partial charge in [0.15, 0.2) is 0 Å². The molecule has 0 spiro atoms. The van der Waals surface area contributed by atoms with Gasteiger partial charge in [-0.15, -0.1) is 0 Å². The molecule has 4 rings (SSSR count). The van der Waals surface area contributed by atoms with Gasteiger partial charge < -0.3 is 24.4 Å². The fourth-order valence-corrected chi connectivity index (χ4v) is 4.65. The third kappa shape index (κ3) is 14.0. The zero-order chi connectivity index (χ0) is 32.4. The predicted molar refractivity (Wildman–Crippen MR) is 175 cm³/mol. The summed E-state index contributed by atoms with van der Waals surface area (Å²) < 4.78 is 13.1. The van der Waals surface area contributed by atoms with E-state index in [-0.39, 0.29) is 18.0 Å². The monoisotopic (exact) mass is 790 g/mol. The van der Waals surface area contributed by atoms with Crippen molar-refractivity contribution in [2.24, 2.45) is 0 Å². The summed E-state index contributed by atoms with van der Waals surface area (Å²) in [5.41, 5.74) is -1.10. The number of carbonyl (C=O) groups excluding carboxylic acids is 3. The highest BCUT2D eigenvalue weighted by atomic mass is 79.9. The number of ether oxygens (including phenoxy) is 2. The Bertz CT molecular complexity index is 1180. The minimum Gasteiger partial charge on any atom is -0.444 e. The Morgan fingerprint density at radius 3 is 1.58 bits per heavy atom. The molecule has 0 atom stereocenters. The number of aliphatic hydroxyl groups is 1. The zero-order valence-corrected chi connectivity index (χ0v) is 30.3. The maximum absolute atomic E-state index is 12.0. The zero-order valence-electron chi connectivity index (χ0n) is 25.5. The summed E-state index contributed by atoms with van der Waals surface area (Å²) >= 11 is 9.76. The van der Waals surface area contributed by atoms with Crippen LogP contribution < -0.4 is 0 Å². The van der Waals surface area contributed by atoms with Crippen molar-refractivity contribution in [3.63, 3.8) is 0 Å². The number of amides is 2. The van der Waals surface area contributed by atoms with Gasteiger partial charge in [0.1, 0.15) is 26.2 Å². The molecule has 0 aliphatic carbocycles. The fourth-order valence-electron chi connectivity index (χ4n) is 3.95. The summed E-state index contributed by atoms with van der Waals surface area (Å²) in [6.45, 7) is 13.0. The molecule has 238 valence electrons. The molecule has 0 bridgehead atoms. The normalized spacial score (nSPS) is 16.7. The maximum atomic E-state index is 12.0. The first-order valence-electron chi connectivity index (χ1n) is 14.0. The van der Waals surface area contributed by atoms with E-state index in [1.54, 1.807) is 22.2 Å². The molecule has 2 fully saturated rings. The van der Waals surface area contributed by atoms with Gasteiger partial charge in [0, 0.05) is 61.5 Å². The first kappa shape index (κ1) is 37.1. The molecule has 0 radical (unpaired) electrons. The number of aromatic nitrogens is 2. The van der Waals surface area contributed by atoms with Crippen LogP contribution in [-0.4, -0.2) is 80.2 Å². The molecule has 2 aromatic heterocycles. The number of piperidine rings is 2. The lowest BCUT2D eigenvalue weighted by Gasteiger charge is -2.38. The van der Waals surface area contributed by atoms with Gasteiger partial charge in [-0.05, 0) is 120 Å². The van der Waals surface area contributed by atoms with Gasteiger partial charge in [-0.2, -0.15) is 0 Å². The number of Topliss-reactive ketones (excluding diaryl/α,β-unsaturated/α-hetero) is 1. The average molecular weight is 793 g/mol. The van der Waals surface area contributed by atoms with Crippen LogP contribution in [-0.2, 0) is 19.9 Å². The van der Waals surface area contributed by atoms with Gasteiger partial charge in [0.05, 0.1) is 5.60 Å². The Morgan fingerprint density at radius 1 is 0.767 bits per heavy atom. The van der Waals surface area contributed by atoms with E-state index >= 15 is 0 Å². The summed E-state index contributed by atoms with van der Waals surface area (Å²) in [7, 11) is 0. The summed E-state index contributed by atoms with van der Waals surface area (Å²) in [4.78, 5) is 45.8. The second kappa shape index (κ2) is 16.3. The molecule has 0 saturated carbocycles. The van der Waals surface area contributed by atoms with Crippen molar-refractivity contribution >= 4 is 65.8 Å². The number of nitrogens with zero attached hydrogens (tertiary/aromatic N) is 4. The second-order valence-corrected chi connectivity index (χ2v) is 14.7. The van der Waals surface area contributed by atoms with Gasteiger partial charge in [-0.3, -0.25) is 4.79 Å². The number of rotatable bonds is 1. The van der Waals surface area contributed by atoms with Crippen LogP contribution >= 0.6 is 47.8 Å². The number of halogens is 3. The molecular formula is C30H41Br3N4O6. The van der Waals surface area contributed by atoms with Gasteiger partial charge in [0.2, 0.25) is 0 Å². The van der Waals surface area contributed by atoms with Crippen LogP contribution in [0.15, 0.2) is 50.3 Å². The van der Waals surface area contributed by atoms with E-state index in [2.05, 4.69) is 57.8 Å². The lowest BCUT2D eigenvalue weighted by Crippen LogP contribution is -2.46. The van der Waals surface area contributed by atoms with E-state index in [9.17, 15) is 19.5 Å². The maximum Gasteiger partial charge on any atom is 0.410 e. The smallest absolute Gasteiger partial charge is 0.410 e. The van der Waals surface area contributed by atoms with Crippen LogP contribution in [0.25, 0.3) is 0 Å². The second-order valence-electron chi connectivity index (χ2n) is 12.2. The molecule has 2 aliphatic rings. The number of hydrogen-bond acceptors (Lipinski definition) is 8. The summed E-state index contributed by atoms with van der Waals surface area (Å²) in [6.07, 6.45) is 4.66. The van der Waals surface area contributed by atoms with Crippen molar-refractivity contribution in [2.45, 2.75) is 84.0 Å². The van der Waals surface area contributed by atoms with Crippen LogP contribution in [0.2, 0.25) is 0 Å². The van der Waals surface area contributed by atoms with Crippen molar-refractivity contribution in [3.05, 3.63) is 55.9 Å². The molecule has 0 aromatic carbocycles. The molecule has 2 aromatic rings. The molecule has 2 amide bonds. The Morgan fingerprint density at radius 2 is 1.21 bits per heavy atom. The molecule has 2 saturated heterocycles. The summed E-state index contributed by atoms with van der Waals surface area (Å²) in [5, 5.41) is 10.7.